The summed E-state index contributed by atoms with van der Waals surface area (Å²) in [7, 11) is 1.65. The standard InChI is InChI=1S/C27H40BrN3O7/c1-6-37-17-27(4)25(33)30(12-7-8-13-36-5)22-14-20(21(28)15-23(22)38-27)24(32)31(18(2)3)19-10-9-11-29(16-19)26(34)35/h14-15,18-19H,6-13,16-17H2,1-5H3,(H,34,35)/t19-,27?/m1/s1. The van der Waals surface area contributed by atoms with Crippen LogP contribution in [0.3, 0.4) is 0 Å². The molecule has 1 aromatic rings. The zero-order chi connectivity index (χ0) is 28.0. The first kappa shape index (κ1) is 30.2. The Hall–Kier alpha value is -2.37. The van der Waals surface area contributed by atoms with E-state index < -0.39 is 11.7 Å². The summed E-state index contributed by atoms with van der Waals surface area (Å²) in [5, 5.41) is 9.51. The Balaban J connectivity index is 1.98. The molecule has 3 rings (SSSR count). The van der Waals surface area contributed by atoms with Gasteiger partial charge in [0.15, 0.2) is 0 Å². The van der Waals surface area contributed by atoms with E-state index in [1.165, 1.54) is 4.90 Å². The summed E-state index contributed by atoms with van der Waals surface area (Å²) in [5.74, 6) is 0.0517. The SMILES string of the molecule is CCOCC1(C)Oc2cc(Br)c(C(=O)N(C(C)C)[C@@H]3CCCN(C(=O)O)C3)cc2N(CCCCOC)C1=O. The molecule has 0 aliphatic carbocycles. The first-order valence-corrected chi connectivity index (χ1v) is 14.0. The molecule has 0 bridgehead atoms. The highest BCUT2D eigenvalue weighted by Crippen LogP contribution is 2.42. The molecule has 212 valence electrons. The van der Waals surface area contributed by atoms with Crippen LogP contribution in [0.5, 0.6) is 5.75 Å². The van der Waals surface area contributed by atoms with Crippen LogP contribution in [0, 0.1) is 0 Å². The Morgan fingerprint density at radius 1 is 1.32 bits per heavy atom. The monoisotopic (exact) mass is 597 g/mol. The fourth-order valence-corrected chi connectivity index (χ4v) is 5.62. The van der Waals surface area contributed by atoms with E-state index in [1.54, 1.807) is 36.0 Å². The molecule has 10 nitrogen and oxygen atoms in total. The third kappa shape index (κ3) is 6.60. The maximum atomic E-state index is 14.0. The molecule has 2 aliphatic rings. The molecule has 3 amide bonds. The van der Waals surface area contributed by atoms with Gasteiger partial charge >= 0.3 is 6.09 Å². The number of hydrogen-bond acceptors (Lipinski definition) is 6. The number of hydrogen-bond donors (Lipinski definition) is 1. The van der Waals surface area contributed by atoms with E-state index in [9.17, 15) is 19.5 Å². The number of likely N-dealkylation sites (tertiary alicyclic amines) is 1. The lowest BCUT2D eigenvalue weighted by atomic mass is 9.99. The molecule has 1 saturated heterocycles. The molecule has 11 heteroatoms. The smallest absolute Gasteiger partial charge is 0.407 e. The van der Waals surface area contributed by atoms with Crippen LogP contribution >= 0.6 is 15.9 Å². The van der Waals surface area contributed by atoms with Crippen LogP contribution in [0.1, 0.15) is 63.7 Å². The van der Waals surface area contributed by atoms with Crippen molar-refractivity contribution in [3.63, 3.8) is 0 Å². The van der Waals surface area contributed by atoms with Crippen LogP contribution in [0.2, 0.25) is 0 Å². The number of fused-ring (bicyclic) bond motifs is 1. The predicted molar refractivity (Wildman–Crippen MR) is 147 cm³/mol. The zero-order valence-corrected chi connectivity index (χ0v) is 24.6. The van der Waals surface area contributed by atoms with Gasteiger partial charge in [0.25, 0.3) is 11.8 Å². The fraction of sp³-hybridized carbons (Fsp3) is 0.667. The number of amides is 3. The van der Waals surface area contributed by atoms with E-state index in [4.69, 9.17) is 14.2 Å². The van der Waals surface area contributed by atoms with Crippen molar-refractivity contribution in [2.24, 2.45) is 0 Å². The Bertz CT molecular complexity index is 1020. The number of piperidine rings is 1. The molecule has 1 unspecified atom stereocenters. The number of halogens is 1. The Morgan fingerprint density at radius 3 is 2.68 bits per heavy atom. The average Bonchev–Trinajstić information content (AvgIpc) is 2.87. The van der Waals surface area contributed by atoms with Crippen LogP contribution in [-0.4, -0.2) is 97.1 Å². The minimum Gasteiger partial charge on any atom is -0.473 e. The van der Waals surface area contributed by atoms with Crippen LogP contribution in [0.4, 0.5) is 10.5 Å². The third-order valence-electron chi connectivity index (χ3n) is 7.02. The topological polar surface area (TPSA) is 109 Å². The molecule has 0 aromatic heterocycles. The normalized spacial score (nSPS) is 21.3. The number of carboxylic acid groups (broad SMARTS) is 1. The number of benzene rings is 1. The van der Waals surface area contributed by atoms with Gasteiger partial charge in [-0.3, -0.25) is 9.59 Å². The van der Waals surface area contributed by atoms with Gasteiger partial charge in [-0.15, -0.1) is 0 Å². The minimum atomic E-state index is -1.19. The van der Waals surface area contributed by atoms with Gasteiger partial charge in [-0.25, -0.2) is 4.79 Å². The van der Waals surface area contributed by atoms with Crippen molar-refractivity contribution in [3.05, 3.63) is 22.2 Å². The molecular weight excluding hydrogens is 558 g/mol. The second kappa shape index (κ2) is 13.1. The number of unbranched alkanes of at least 4 members (excludes halogenated alkanes) is 1. The molecule has 1 N–H and O–H groups in total. The molecule has 38 heavy (non-hydrogen) atoms. The first-order valence-electron chi connectivity index (χ1n) is 13.3. The fourth-order valence-electron chi connectivity index (χ4n) is 5.12. The molecule has 0 radical (unpaired) electrons. The van der Waals surface area contributed by atoms with Gasteiger partial charge in [-0.1, -0.05) is 0 Å². The van der Waals surface area contributed by atoms with Gasteiger partial charge in [0.05, 0.1) is 23.9 Å². The summed E-state index contributed by atoms with van der Waals surface area (Å²) in [5.41, 5.74) is -0.259. The van der Waals surface area contributed by atoms with E-state index in [2.05, 4.69) is 15.9 Å². The largest absolute Gasteiger partial charge is 0.473 e. The van der Waals surface area contributed by atoms with Crippen molar-refractivity contribution in [1.29, 1.82) is 0 Å². The van der Waals surface area contributed by atoms with Gasteiger partial charge in [-0.05, 0) is 81.4 Å². The zero-order valence-electron chi connectivity index (χ0n) is 23.0. The van der Waals surface area contributed by atoms with Gasteiger partial charge in [-0.2, -0.15) is 0 Å². The van der Waals surface area contributed by atoms with Crippen LogP contribution in [0.25, 0.3) is 0 Å². The summed E-state index contributed by atoms with van der Waals surface area (Å²) >= 11 is 3.57. The summed E-state index contributed by atoms with van der Waals surface area (Å²) < 4.78 is 17.5. The number of nitrogens with zero attached hydrogens (tertiary/aromatic N) is 3. The van der Waals surface area contributed by atoms with Crippen LogP contribution in [-0.2, 0) is 14.3 Å². The highest BCUT2D eigenvalue weighted by Gasteiger charge is 2.45. The van der Waals surface area contributed by atoms with E-state index in [0.717, 1.165) is 12.8 Å². The number of ether oxygens (including phenoxy) is 3. The number of carbonyl (C=O) groups is 3. The summed E-state index contributed by atoms with van der Waals surface area (Å²) in [4.78, 5) is 44.0. The second-order valence-corrected chi connectivity index (χ2v) is 11.1. The van der Waals surface area contributed by atoms with E-state index in [1.807, 2.05) is 20.8 Å². The van der Waals surface area contributed by atoms with E-state index >= 15 is 0 Å². The number of rotatable bonds is 11. The first-order chi connectivity index (χ1) is 18.0. The maximum Gasteiger partial charge on any atom is 0.407 e. The van der Waals surface area contributed by atoms with Crippen molar-refractivity contribution in [1.82, 2.24) is 9.80 Å². The summed E-state index contributed by atoms with van der Waals surface area (Å²) in [6.07, 6.45) is 1.93. The molecule has 2 atom stereocenters. The molecule has 0 spiro atoms. The van der Waals surface area contributed by atoms with Crippen LogP contribution < -0.4 is 9.64 Å². The predicted octanol–water partition coefficient (Wildman–Crippen LogP) is 4.39. The molecule has 0 saturated carbocycles. The summed E-state index contributed by atoms with van der Waals surface area (Å²) in [6, 6.07) is 3.06. The van der Waals surface area contributed by atoms with Crippen molar-refractivity contribution < 1.29 is 33.7 Å². The van der Waals surface area contributed by atoms with Gasteiger partial charge < -0.3 is 34.0 Å². The molecule has 1 fully saturated rings. The van der Waals surface area contributed by atoms with Crippen molar-refractivity contribution in [2.75, 3.05) is 51.5 Å². The summed E-state index contributed by atoms with van der Waals surface area (Å²) in [6.45, 7) is 9.77. The average molecular weight is 599 g/mol. The van der Waals surface area contributed by atoms with Crippen molar-refractivity contribution >= 4 is 39.5 Å². The Morgan fingerprint density at radius 2 is 2.05 bits per heavy atom. The Kier molecular flexibility index (Phi) is 10.4. The Labute approximate surface area is 233 Å². The molecule has 2 aliphatic heterocycles. The van der Waals surface area contributed by atoms with Gasteiger partial charge in [0, 0.05) is 50.5 Å². The number of methoxy groups -OCH3 is 1. The maximum absolute atomic E-state index is 14.0. The lowest BCUT2D eigenvalue weighted by Gasteiger charge is -2.42. The van der Waals surface area contributed by atoms with Crippen molar-refractivity contribution in [2.45, 2.75) is 71.1 Å². The second-order valence-electron chi connectivity index (χ2n) is 10.3. The molecule has 1 aromatic carbocycles. The van der Waals surface area contributed by atoms with Gasteiger partial charge in [0.1, 0.15) is 5.75 Å². The van der Waals surface area contributed by atoms with Gasteiger partial charge in [0.2, 0.25) is 5.60 Å². The lowest BCUT2D eigenvalue weighted by molar-refractivity contribution is -0.139. The van der Waals surface area contributed by atoms with Crippen molar-refractivity contribution in [3.8, 4) is 5.75 Å². The highest BCUT2D eigenvalue weighted by atomic mass is 79.9. The number of anilines is 1. The highest BCUT2D eigenvalue weighted by molar-refractivity contribution is 9.10. The molecule has 2 heterocycles. The molecular formula is C27H40BrN3O7. The van der Waals surface area contributed by atoms with Crippen LogP contribution in [0.15, 0.2) is 16.6 Å². The quantitative estimate of drug-likeness (QED) is 0.377. The minimum absolute atomic E-state index is 0.109. The lowest BCUT2D eigenvalue weighted by Crippen LogP contribution is -2.57. The van der Waals surface area contributed by atoms with E-state index in [-0.39, 0.29) is 37.0 Å². The van der Waals surface area contributed by atoms with E-state index in [0.29, 0.717) is 60.6 Å². The third-order valence-corrected chi connectivity index (χ3v) is 7.67. The number of carbonyl (C=O) groups excluding carboxylic acids is 2.